The number of hydrogen-bond donors (Lipinski definition) is 2. The van der Waals surface area contributed by atoms with Crippen molar-refractivity contribution in [1.29, 1.82) is 0 Å². The van der Waals surface area contributed by atoms with Gasteiger partial charge in [-0.05, 0) is 6.92 Å². The topological polar surface area (TPSA) is 29.1 Å². The minimum absolute atomic E-state index is 0.186. The molecule has 0 bridgehead atoms. The molecule has 0 radical (unpaired) electrons. The fourth-order valence-corrected chi connectivity index (χ4v) is 0.438. The number of nitrogens with one attached hydrogen (secondary N) is 1. The maximum absolute atomic E-state index is 11.2. The van der Waals surface area contributed by atoms with E-state index in [9.17, 15) is 9.18 Å². The first-order chi connectivity index (χ1) is 4.16. The third kappa shape index (κ3) is 5.36. The van der Waals surface area contributed by atoms with Crippen LogP contribution in [0.25, 0.3) is 0 Å². The molecule has 0 fully saturated rings. The molecule has 0 aromatic carbocycles. The summed E-state index contributed by atoms with van der Waals surface area (Å²) in [4.78, 5) is 10.4. The van der Waals surface area contributed by atoms with Crippen molar-refractivity contribution in [3.63, 3.8) is 0 Å². The molecule has 0 aliphatic heterocycles. The van der Waals surface area contributed by atoms with Gasteiger partial charge in [-0.3, -0.25) is 4.79 Å². The summed E-state index contributed by atoms with van der Waals surface area (Å²) in [5.74, 6) is -0.472. The van der Waals surface area contributed by atoms with E-state index in [2.05, 4.69) is 17.9 Å². The molecule has 4 heteroatoms. The van der Waals surface area contributed by atoms with Gasteiger partial charge in [-0.2, -0.15) is 12.6 Å². The highest BCUT2D eigenvalue weighted by molar-refractivity contribution is 7.80. The van der Waals surface area contributed by atoms with Crippen molar-refractivity contribution in [3.8, 4) is 0 Å². The molecule has 0 aliphatic carbocycles. The van der Waals surface area contributed by atoms with Crippen LogP contribution in [-0.4, -0.2) is 11.3 Å². The third-order valence-electron chi connectivity index (χ3n) is 0.566. The van der Waals surface area contributed by atoms with Crippen LogP contribution in [0.3, 0.4) is 0 Å². The minimum Gasteiger partial charge on any atom is -0.341 e. The van der Waals surface area contributed by atoms with E-state index in [-0.39, 0.29) is 11.7 Å². The Morgan fingerprint density at radius 2 is 2.44 bits per heavy atom. The molecule has 0 spiro atoms. The lowest BCUT2D eigenvalue weighted by Gasteiger charge is -2.01. The summed E-state index contributed by atoms with van der Waals surface area (Å²) in [5.41, 5.74) is 0. The van der Waals surface area contributed by atoms with Gasteiger partial charge in [-0.15, -0.1) is 0 Å². The van der Waals surface area contributed by atoms with Crippen molar-refractivity contribution in [1.82, 2.24) is 5.32 Å². The van der Waals surface area contributed by atoms with Crippen LogP contribution >= 0.6 is 12.6 Å². The van der Waals surface area contributed by atoms with Gasteiger partial charge in [-0.25, -0.2) is 4.39 Å². The van der Waals surface area contributed by atoms with Gasteiger partial charge in [0, 0.05) is 6.08 Å². The molecule has 1 amide bonds. The largest absolute Gasteiger partial charge is 0.341 e. The highest BCUT2D eigenvalue weighted by Crippen LogP contribution is 1.85. The fourth-order valence-electron chi connectivity index (χ4n) is 0.311. The molecule has 0 aromatic rings. The smallest absolute Gasteiger partial charge is 0.247 e. The van der Waals surface area contributed by atoms with E-state index in [4.69, 9.17) is 0 Å². The summed E-state index contributed by atoms with van der Waals surface area (Å²) in [6, 6.07) is 0. The standard InChI is InChI=1S/C5H8FNOS/c1-4(9)7-5(8)2-3-6/h2-4,9H,1H3,(H,7,8)/b3-2-. The van der Waals surface area contributed by atoms with E-state index in [0.29, 0.717) is 0 Å². The predicted octanol–water partition coefficient (Wildman–Crippen LogP) is 0.862. The summed E-state index contributed by atoms with van der Waals surface area (Å²) < 4.78 is 11.2. The summed E-state index contributed by atoms with van der Waals surface area (Å²) in [5, 5.41) is 2.10. The molecule has 2 nitrogen and oxygen atoms in total. The zero-order chi connectivity index (χ0) is 7.28. The quantitative estimate of drug-likeness (QED) is 0.340. The zero-order valence-corrected chi connectivity index (χ0v) is 5.86. The third-order valence-corrected chi connectivity index (χ3v) is 0.695. The van der Waals surface area contributed by atoms with Gasteiger partial charge in [-0.1, -0.05) is 0 Å². The van der Waals surface area contributed by atoms with E-state index in [0.717, 1.165) is 6.08 Å². The second kappa shape index (κ2) is 4.38. The zero-order valence-electron chi connectivity index (χ0n) is 4.97. The molecular weight excluding hydrogens is 141 g/mol. The second-order valence-electron chi connectivity index (χ2n) is 1.48. The molecule has 0 rings (SSSR count). The van der Waals surface area contributed by atoms with Crippen LogP contribution in [-0.2, 0) is 4.79 Å². The van der Waals surface area contributed by atoms with E-state index in [1.54, 1.807) is 6.92 Å². The summed E-state index contributed by atoms with van der Waals surface area (Å²) in [6.45, 7) is 1.67. The molecular formula is C5H8FNOS. The Morgan fingerprint density at radius 3 is 2.78 bits per heavy atom. The van der Waals surface area contributed by atoms with Gasteiger partial charge in [0.2, 0.25) is 5.91 Å². The van der Waals surface area contributed by atoms with Crippen LogP contribution in [0.1, 0.15) is 6.92 Å². The van der Waals surface area contributed by atoms with Crippen LogP contribution in [0, 0.1) is 0 Å². The van der Waals surface area contributed by atoms with Gasteiger partial charge < -0.3 is 5.32 Å². The van der Waals surface area contributed by atoms with Crippen LogP contribution < -0.4 is 5.32 Å². The molecule has 0 saturated heterocycles. The Bertz CT molecular complexity index is 124. The molecule has 1 atom stereocenters. The number of carbonyl (C=O) groups is 1. The number of rotatable bonds is 2. The van der Waals surface area contributed by atoms with Crippen molar-refractivity contribution in [2.24, 2.45) is 0 Å². The molecule has 52 valence electrons. The first kappa shape index (κ1) is 8.49. The lowest BCUT2D eigenvalue weighted by molar-refractivity contribution is -0.116. The summed E-state index contributed by atoms with van der Waals surface area (Å²) in [7, 11) is 0. The fraction of sp³-hybridized carbons (Fsp3) is 0.400. The molecule has 0 aliphatic rings. The summed E-state index contributed by atoms with van der Waals surface area (Å²) >= 11 is 3.84. The minimum atomic E-state index is -0.472. The Balaban J connectivity index is 3.51. The van der Waals surface area contributed by atoms with Crippen LogP contribution in [0.2, 0.25) is 0 Å². The molecule has 1 unspecified atom stereocenters. The Kier molecular flexibility index (Phi) is 4.13. The lowest BCUT2D eigenvalue weighted by Crippen LogP contribution is -2.26. The van der Waals surface area contributed by atoms with Crippen molar-refractivity contribution < 1.29 is 9.18 Å². The van der Waals surface area contributed by atoms with Crippen LogP contribution in [0.15, 0.2) is 12.4 Å². The van der Waals surface area contributed by atoms with Gasteiger partial charge in [0.25, 0.3) is 0 Å². The first-order valence-corrected chi connectivity index (χ1v) is 2.93. The number of thiol groups is 1. The Morgan fingerprint density at radius 1 is 1.89 bits per heavy atom. The van der Waals surface area contributed by atoms with Gasteiger partial charge in [0.1, 0.15) is 0 Å². The van der Waals surface area contributed by atoms with Crippen molar-refractivity contribution in [2.45, 2.75) is 12.3 Å². The highest BCUT2D eigenvalue weighted by atomic mass is 32.1. The second-order valence-corrected chi connectivity index (χ2v) is 2.25. The predicted molar refractivity (Wildman–Crippen MR) is 36.8 cm³/mol. The number of halogens is 1. The monoisotopic (exact) mass is 149 g/mol. The normalized spacial score (nSPS) is 13.7. The first-order valence-electron chi connectivity index (χ1n) is 2.42. The number of hydrogen-bond acceptors (Lipinski definition) is 2. The van der Waals surface area contributed by atoms with Gasteiger partial charge in [0.05, 0.1) is 11.7 Å². The average Bonchev–Trinajstić information content (AvgIpc) is 1.63. The van der Waals surface area contributed by atoms with E-state index < -0.39 is 5.91 Å². The molecule has 0 heterocycles. The number of amides is 1. The number of carbonyl (C=O) groups excluding carboxylic acids is 1. The van der Waals surface area contributed by atoms with Gasteiger partial charge >= 0.3 is 0 Å². The highest BCUT2D eigenvalue weighted by Gasteiger charge is 1.96. The lowest BCUT2D eigenvalue weighted by atomic mass is 10.5. The van der Waals surface area contributed by atoms with Crippen molar-refractivity contribution in [3.05, 3.63) is 12.4 Å². The Hall–Kier alpha value is -0.510. The maximum atomic E-state index is 11.2. The van der Waals surface area contributed by atoms with Crippen LogP contribution in [0.4, 0.5) is 4.39 Å². The Labute approximate surface area is 58.5 Å². The van der Waals surface area contributed by atoms with Gasteiger partial charge in [0.15, 0.2) is 0 Å². The SMILES string of the molecule is CC(S)NC(=O)/C=C\F. The van der Waals surface area contributed by atoms with Crippen molar-refractivity contribution >= 4 is 18.5 Å². The van der Waals surface area contributed by atoms with Crippen molar-refractivity contribution in [2.75, 3.05) is 0 Å². The van der Waals surface area contributed by atoms with E-state index in [1.807, 2.05) is 0 Å². The molecule has 0 saturated carbocycles. The maximum Gasteiger partial charge on any atom is 0.247 e. The van der Waals surface area contributed by atoms with E-state index in [1.165, 1.54) is 0 Å². The van der Waals surface area contributed by atoms with E-state index >= 15 is 0 Å². The molecule has 9 heavy (non-hydrogen) atoms. The average molecular weight is 149 g/mol. The van der Waals surface area contributed by atoms with Crippen LogP contribution in [0.5, 0.6) is 0 Å². The molecule has 1 N–H and O–H groups in total. The molecule has 0 aromatic heterocycles. The summed E-state index contributed by atoms with van der Waals surface area (Å²) in [6.07, 6.45) is 0.984.